The average molecular weight is 342 g/mol. The molecular formula is C18H18N2O3S. The SMILES string of the molecule is Cc1cccc(-c2[nH]c3ccc(S(=O)(=O)N(C)C)cc3c2C=O)c1. The molecule has 0 saturated heterocycles. The van der Waals surface area contributed by atoms with Crippen LogP contribution >= 0.6 is 0 Å². The normalized spacial score (nSPS) is 12.0. The molecule has 0 aliphatic heterocycles. The molecular weight excluding hydrogens is 324 g/mol. The van der Waals surface area contributed by atoms with Crippen molar-refractivity contribution in [2.45, 2.75) is 11.8 Å². The lowest BCUT2D eigenvalue weighted by atomic mass is 10.0. The number of nitrogens with one attached hydrogen (secondary N) is 1. The Hall–Kier alpha value is -2.44. The molecule has 5 nitrogen and oxygen atoms in total. The predicted octanol–water partition coefficient (Wildman–Crippen LogP) is 3.21. The van der Waals surface area contributed by atoms with Crippen LogP contribution in [0.1, 0.15) is 15.9 Å². The second-order valence-corrected chi connectivity index (χ2v) is 8.05. The molecule has 3 rings (SSSR count). The molecule has 0 aliphatic rings. The molecule has 6 heteroatoms. The lowest BCUT2D eigenvalue weighted by Crippen LogP contribution is -2.22. The molecule has 0 amide bonds. The van der Waals surface area contributed by atoms with Crippen LogP contribution in [0.5, 0.6) is 0 Å². The maximum atomic E-state index is 12.3. The summed E-state index contributed by atoms with van der Waals surface area (Å²) in [5.74, 6) is 0. The van der Waals surface area contributed by atoms with Crippen molar-refractivity contribution >= 4 is 27.2 Å². The zero-order chi connectivity index (χ0) is 17.5. The molecule has 1 aromatic heterocycles. The van der Waals surface area contributed by atoms with Gasteiger partial charge in [-0.05, 0) is 36.8 Å². The van der Waals surface area contributed by atoms with Gasteiger partial charge >= 0.3 is 0 Å². The van der Waals surface area contributed by atoms with Crippen molar-refractivity contribution in [3.63, 3.8) is 0 Å². The highest BCUT2D eigenvalue weighted by molar-refractivity contribution is 7.89. The van der Waals surface area contributed by atoms with Crippen LogP contribution in [0.3, 0.4) is 0 Å². The van der Waals surface area contributed by atoms with Gasteiger partial charge in [0.1, 0.15) is 0 Å². The number of sulfonamides is 1. The molecule has 1 heterocycles. The topological polar surface area (TPSA) is 70.2 Å². The Morgan fingerprint density at radius 2 is 1.83 bits per heavy atom. The quantitative estimate of drug-likeness (QED) is 0.740. The molecule has 0 radical (unpaired) electrons. The van der Waals surface area contributed by atoms with Crippen molar-refractivity contribution in [1.82, 2.24) is 9.29 Å². The summed E-state index contributed by atoms with van der Waals surface area (Å²) in [4.78, 5) is 15.1. The molecule has 0 fully saturated rings. The maximum absolute atomic E-state index is 12.3. The first-order valence-electron chi connectivity index (χ1n) is 7.45. The summed E-state index contributed by atoms with van der Waals surface area (Å²) in [7, 11) is -0.589. The van der Waals surface area contributed by atoms with Crippen LogP contribution in [0.25, 0.3) is 22.2 Å². The number of hydrogen-bond donors (Lipinski definition) is 1. The van der Waals surface area contributed by atoms with Gasteiger partial charge in [-0.25, -0.2) is 12.7 Å². The second kappa shape index (κ2) is 5.89. The van der Waals surface area contributed by atoms with E-state index < -0.39 is 10.0 Å². The molecule has 0 unspecified atom stereocenters. The van der Waals surface area contributed by atoms with E-state index in [9.17, 15) is 13.2 Å². The summed E-state index contributed by atoms with van der Waals surface area (Å²) in [6.07, 6.45) is 0.766. The summed E-state index contributed by atoms with van der Waals surface area (Å²) in [6.45, 7) is 1.98. The molecule has 0 bridgehead atoms. The molecule has 1 N–H and O–H groups in total. The average Bonchev–Trinajstić information content (AvgIpc) is 2.92. The first kappa shape index (κ1) is 16.4. The standard InChI is InChI=1S/C18H18N2O3S/c1-12-5-4-6-13(9-12)18-16(11-21)15-10-14(7-8-17(15)19-18)24(22,23)20(2)3/h4-11,19H,1-3H3. The molecule has 2 aromatic carbocycles. The molecule has 0 spiro atoms. The third-order valence-electron chi connectivity index (χ3n) is 4.01. The predicted molar refractivity (Wildman–Crippen MR) is 94.7 cm³/mol. The van der Waals surface area contributed by atoms with E-state index in [0.717, 1.165) is 27.2 Å². The third kappa shape index (κ3) is 2.64. The fraction of sp³-hybridized carbons (Fsp3) is 0.167. The van der Waals surface area contributed by atoms with E-state index in [1.165, 1.54) is 14.1 Å². The number of hydrogen-bond acceptors (Lipinski definition) is 3. The van der Waals surface area contributed by atoms with Gasteiger partial charge in [-0.3, -0.25) is 4.79 Å². The van der Waals surface area contributed by atoms with Crippen LogP contribution in [-0.4, -0.2) is 38.1 Å². The highest BCUT2D eigenvalue weighted by atomic mass is 32.2. The van der Waals surface area contributed by atoms with Gasteiger partial charge in [0.15, 0.2) is 6.29 Å². The van der Waals surface area contributed by atoms with Crippen LogP contribution in [0.2, 0.25) is 0 Å². The summed E-state index contributed by atoms with van der Waals surface area (Å²) in [6, 6.07) is 12.6. The van der Waals surface area contributed by atoms with E-state index in [1.54, 1.807) is 18.2 Å². The van der Waals surface area contributed by atoms with Gasteiger partial charge in [-0.15, -0.1) is 0 Å². The zero-order valence-corrected chi connectivity index (χ0v) is 14.5. The van der Waals surface area contributed by atoms with Crippen molar-refractivity contribution in [3.8, 4) is 11.3 Å². The molecule has 24 heavy (non-hydrogen) atoms. The lowest BCUT2D eigenvalue weighted by molar-refractivity contribution is 0.112. The number of aromatic nitrogens is 1. The number of H-pyrrole nitrogens is 1. The number of nitrogens with zero attached hydrogens (tertiary/aromatic N) is 1. The fourth-order valence-electron chi connectivity index (χ4n) is 2.71. The van der Waals surface area contributed by atoms with Crippen molar-refractivity contribution < 1.29 is 13.2 Å². The Morgan fingerprint density at radius 3 is 2.46 bits per heavy atom. The molecule has 0 atom stereocenters. The first-order valence-corrected chi connectivity index (χ1v) is 8.89. The van der Waals surface area contributed by atoms with Crippen molar-refractivity contribution in [2.75, 3.05) is 14.1 Å². The Morgan fingerprint density at radius 1 is 1.08 bits per heavy atom. The Labute approximate surface area is 141 Å². The van der Waals surface area contributed by atoms with Gasteiger partial charge < -0.3 is 4.98 Å². The van der Waals surface area contributed by atoms with Crippen LogP contribution < -0.4 is 0 Å². The highest BCUT2D eigenvalue weighted by Crippen LogP contribution is 2.31. The smallest absolute Gasteiger partial charge is 0.242 e. The Balaban J connectivity index is 2.27. The van der Waals surface area contributed by atoms with Gasteiger partial charge in [0.2, 0.25) is 10.0 Å². The van der Waals surface area contributed by atoms with Crippen molar-refractivity contribution in [2.24, 2.45) is 0 Å². The number of benzene rings is 2. The number of aldehydes is 1. The van der Waals surface area contributed by atoms with Gasteiger partial charge in [0, 0.05) is 30.6 Å². The van der Waals surface area contributed by atoms with E-state index >= 15 is 0 Å². The summed E-state index contributed by atoms with van der Waals surface area (Å²) in [5, 5.41) is 0.601. The molecule has 0 saturated carbocycles. The number of fused-ring (bicyclic) bond motifs is 1. The minimum atomic E-state index is -3.55. The van der Waals surface area contributed by atoms with Crippen LogP contribution in [-0.2, 0) is 10.0 Å². The maximum Gasteiger partial charge on any atom is 0.242 e. The van der Waals surface area contributed by atoms with E-state index in [2.05, 4.69) is 4.98 Å². The largest absolute Gasteiger partial charge is 0.354 e. The minimum absolute atomic E-state index is 0.165. The van der Waals surface area contributed by atoms with Gasteiger partial charge in [-0.2, -0.15) is 0 Å². The van der Waals surface area contributed by atoms with Crippen LogP contribution in [0.15, 0.2) is 47.4 Å². The van der Waals surface area contributed by atoms with Gasteiger partial charge in [0.05, 0.1) is 10.6 Å². The van der Waals surface area contributed by atoms with E-state index in [1.807, 2.05) is 31.2 Å². The van der Waals surface area contributed by atoms with Gasteiger partial charge in [-0.1, -0.05) is 23.8 Å². The van der Waals surface area contributed by atoms with Crippen LogP contribution in [0, 0.1) is 6.92 Å². The first-order chi connectivity index (χ1) is 11.3. The Kier molecular flexibility index (Phi) is 4.03. The highest BCUT2D eigenvalue weighted by Gasteiger charge is 2.20. The molecule has 0 aliphatic carbocycles. The van der Waals surface area contributed by atoms with Crippen molar-refractivity contribution in [1.29, 1.82) is 0 Å². The van der Waals surface area contributed by atoms with E-state index in [0.29, 0.717) is 16.6 Å². The minimum Gasteiger partial charge on any atom is -0.354 e. The van der Waals surface area contributed by atoms with Gasteiger partial charge in [0.25, 0.3) is 0 Å². The number of aryl methyl sites for hydroxylation is 1. The number of carbonyl (C=O) groups is 1. The van der Waals surface area contributed by atoms with E-state index in [-0.39, 0.29) is 4.90 Å². The second-order valence-electron chi connectivity index (χ2n) is 5.90. The molecule has 3 aromatic rings. The summed E-state index contributed by atoms with van der Waals surface area (Å²) < 4.78 is 25.8. The monoisotopic (exact) mass is 342 g/mol. The fourth-order valence-corrected chi connectivity index (χ4v) is 3.64. The third-order valence-corrected chi connectivity index (χ3v) is 5.82. The summed E-state index contributed by atoms with van der Waals surface area (Å²) in [5.41, 5.74) is 3.87. The van der Waals surface area contributed by atoms with E-state index in [4.69, 9.17) is 0 Å². The lowest BCUT2D eigenvalue weighted by Gasteiger charge is -2.11. The zero-order valence-electron chi connectivity index (χ0n) is 13.7. The Bertz CT molecular complexity index is 1030. The summed E-state index contributed by atoms with van der Waals surface area (Å²) >= 11 is 0. The van der Waals surface area contributed by atoms with Crippen LogP contribution in [0.4, 0.5) is 0 Å². The molecule has 124 valence electrons. The number of carbonyl (C=O) groups excluding carboxylic acids is 1. The number of aromatic amines is 1. The van der Waals surface area contributed by atoms with Crippen molar-refractivity contribution in [3.05, 3.63) is 53.6 Å². The number of rotatable bonds is 4.